The van der Waals surface area contributed by atoms with Gasteiger partial charge in [0.15, 0.2) is 0 Å². The minimum Gasteiger partial charge on any atom is -0.435 e. The first-order chi connectivity index (χ1) is 15.6. The van der Waals surface area contributed by atoms with Crippen molar-refractivity contribution < 1.29 is 22.8 Å². The lowest BCUT2D eigenvalue weighted by Gasteiger charge is -2.12. The highest BCUT2D eigenvalue weighted by Gasteiger charge is 2.13. The Bertz CT molecular complexity index is 1190. The molecule has 0 aliphatic carbocycles. The van der Waals surface area contributed by atoms with Gasteiger partial charge in [-0.1, -0.05) is 17.3 Å². The van der Waals surface area contributed by atoms with Crippen LogP contribution < -0.4 is 20.9 Å². The number of aromatic nitrogens is 3. The van der Waals surface area contributed by atoms with Crippen LogP contribution >= 0.6 is 0 Å². The van der Waals surface area contributed by atoms with Gasteiger partial charge in [-0.2, -0.15) is 13.8 Å². The Morgan fingerprint density at radius 2 is 1.75 bits per heavy atom. The van der Waals surface area contributed by atoms with Crippen molar-refractivity contribution in [3.8, 4) is 17.1 Å². The van der Waals surface area contributed by atoms with Gasteiger partial charge in [0.25, 0.3) is 5.91 Å². The van der Waals surface area contributed by atoms with Crippen LogP contribution in [0.1, 0.15) is 10.4 Å². The highest BCUT2D eigenvalue weighted by Crippen LogP contribution is 2.24. The molecule has 0 aliphatic rings. The SMILES string of the molecule is O=C(NNc1nc(-c2ccncc2)no1)c1ccccc1Nc1ccc(OC(F)F)cc1. The third-order valence-corrected chi connectivity index (χ3v) is 4.18. The predicted molar refractivity (Wildman–Crippen MR) is 111 cm³/mol. The number of carbonyl (C=O) groups is 1. The number of carbonyl (C=O) groups excluding carboxylic acids is 1. The van der Waals surface area contributed by atoms with E-state index in [-0.39, 0.29) is 11.8 Å². The van der Waals surface area contributed by atoms with E-state index in [1.165, 1.54) is 12.1 Å². The van der Waals surface area contributed by atoms with E-state index in [4.69, 9.17) is 4.52 Å². The predicted octanol–water partition coefficient (Wildman–Crippen LogP) is 4.23. The van der Waals surface area contributed by atoms with Gasteiger partial charge >= 0.3 is 12.6 Å². The molecule has 1 amide bonds. The average Bonchev–Trinajstić information content (AvgIpc) is 3.29. The molecule has 2 heterocycles. The highest BCUT2D eigenvalue weighted by atomic mass is 19.3. The zero-order valence-corrected chi connectivity index (χ0v) is 16.3. The minimum absolute atomic E-state index is 0.00483. The van der Waals surface area contributed by atoms with Crippen molar-refractivity contribution in [2.75, 3.05) is 10.7 Å². The summed E-state index contributed by atoms with van der Waals surface area (Å²) in [6.45, 7) is -2.90. The van der Waals surface area contributed by atoms with Gasteiger partial charge in [-0.05, 0) is 48.5 Å². The lowest BCUT2D eigenvalue weighted by molar-refractivity contribution is -0.0498. The number of hydrogen-bond donors (Lipinski definition) is 3. The fraction of sp³-hybridized carbons (Fsp3) is 0.0476. The number of rotatable bonds is 8. The van der Waals surface area contributed by atoms with Gasteiger partial charge in [0.05, 0.1) is 11.3 Å². The molecule has 0 atom stereocenters. The first-order valence-electron chi connectivity index (χ1n) is 9.30. The van der Waals surface area contributed by atoms with Crippen LogP contribution in [0.4, 0.5) is 26.2 Å². The van der Waals surface area contributed by atoms with Crippen molar-refractivity contribution in [3.63, 3.8) is 0 Å². The topological polar surface area (TPSA) is 114 Å². The number of hydrazine groups is 1. The Hall–Kier alpha value is -4.54. The van der Waals surface area contributed by atoms with Crippen molar-refractivity contribution in [1.82, 2.24) is 20.6 Å². The number of alkyl halides is 2. The second-order valence-electron chi connectivity index (χ2n) is 6.31. The van der Waals surface area contributed by atoms with Crippen LogP contribution in [0.15, 0.2) is 77.6 Å². The second kappa shape index (κ2) is 9.51. The van der Waals surface area contributed by atoms with E-state index in [0.717, 1.165) is 0 Å². The number of benzene rings is 2. The summed E-state index contributed by atoms with van der Waals surface area (Å²) in [6, 6.07) is 16.1. The molecule has 0 radical (unpaired) electrons. The third-order valence-electron chi connectivity index (χ3n) is 4.18. The molecular weight excluding hydrogens is 422 g/mol. The summed E-state index contributed by atoms with van der Waals surface area (Å²) in [5.41, 5.74) is 7.19. The standard InChI is InChI=1S/C21H16F2N6O3/c22-20(23)31-15-7-5-14(6-8-15)25-17-4-2-1-3-16(17)19(30)27-28-21-26-18(29-32-21)13-9-11-24-12-10-13/h1-12,20,25H,(H,27,30)(H,26,28,29). The Morgan fingerprint density at radius 3 is 2.50 bits per heavy atom. The van der Waals surface area contributed by atoms with Crippen LogP contribution in [0, 0.1) is 0 Å². The number of hydrogen-bond acceptors (Lipinski definition) is 8. The van der Waals surface area contributed by atoms with E-state index in [9.17, 15) is 13.6 Å². The van der Waals surface area contributed by atoms with Crippen molar-refractivity contribution in [1.29, 1.82) is 0 Å². The molecule has 2 aromatic carbocycles. The lowest BCUT2D eigenvalue weighted by Crippen LogP contribution is -2.30. The molecule has 0 saturated heterocycles. The maximum atomic E-state index is 12.7. The molecule has 0 unspecified atom stereocenters. The highest BCUT2D eigenvalue weighted by molar-refractivity contribution is 6.00. The zero-order chi connectivity index (χ0) is 22.3. The van der Waals surface area contributed by atoms with Gasteiger partial charge in [0.1, 0.15) is 5.75 Å². The van der Waals surface area contributed by atoms with Gasteiger partial charge < -0.3 is 14.6 Å². The first kappa shape index (κ1) is 20.7. The molecule has 0 saturated carbocycles. The number of para-hydroxylation sites is 1. The van der Waals surface area contributed by atoms with Gasteiger partial charge in [-0.3, -0.25) is 15.2 Å². The van der Waals surface area contributed by atoms with Gasteiger partial charge in [0.2, 0.25) is 5.82 Å². The third kappa shape index (κ3) is 5.14. The number of ether oxygens (including phenoxy) is 1. The van der Waals surface area contributed by atoms with Crippen molar-refractivity contribution in [2.24, 2.45) is 0 Å². The van der Waals surface area contributed by atoms with Crippen molar-refractivity contribution in [2.45, 2.75) is 6.61 Å². The fourth-order valence-electron chi connectivity index (χ4n) is 2.74. The zero-order valence-electron chi connectivity index (χ0n) is 16.3. The van der Waals surface area contributed by atoms with Crippen LogP contribution in [-0.2, 0) is 0 Å². The maximum Gasteiger partial charge on any atom is 0.387 e. The molecule has 0 aliphatic heterocycles. The summed E-state index contributed by atoms with van der Waals surface area (Å²) in [7, 11) is 0. The van der Waals surface area contributed by atoms with E-state index < -0.39 is 12.5 Å². The molecule has 0 fully saturated rings. The van der Waals surface area contributed by atoms with E-state index >= 15 is 0 Å². The smallest absolute Gasteiger partial charge is 0.387 e. The molecule has 0 bridgehead atoms. The Morgan fingerprint density at radius 1 is 1.00 bits per heavy atom. The van der Waals surface area contributed by atoms with Gasteiger partial charge in [-0.15, -0.1) is 0 Å². The number of pyridine rings is 1. The molecule has 4 rings (SSSR count). The van der Waals surface area contributed by atoms with E-state index in [1.54, 1.807) is 60.9 Å². The normalized spacial score (nSPS) is 10.6. The molecule has 11 heteroatoms. The first-order valence-corrected chi connectivity index (χ1v) is 9.30. The molecule has 3 N–H and O–H groups in total. The Kier molecular flexibility index (Phi) is 6.16. The molecular formula is C21H16F2N6O3. The molecule has 0 spiro atoms. The maximum absolute atomic E-state index is 12.7. The van der Waals surface area contributed by atoms with E-state index in [1.807, 2.05) is 0 Å². The summed E-state index contributed by atoms with van der Waals surface area (Å²) < 4.78 is 34.0. The molecule has 162 valence electrons. The summed E-state index contributed by atoms with van der Waals surface area (Å²) in [5, 5.41) is 6.91. The van der Waals surface area contributed by atoms with Crippen LogP contribution in [0.3, 0.4) is 0 Å². The number of amides is 1. The summed E-state index contributed by atoms with van der Waals surface area (Å²) in [4.78, 5) is 20.7. The fourth-order valence-corrected chi connectivity index (χ4v) is 2.74. The Labute approximate surface area is 180 Å². The minimum atomic E-state index is -2.90. The number of halogens is 2. The monoisotopic (exact) mass is 438 g/mol. The van der Waals surface area contributed by atoms with E-state index in [2.05, 4.69) is 36.0 Å². The van der Waals surface area contributed by atoms with Crippen molar-refractivity contribution >= 4 is 23.3 Å². The second-order valence-corrected chi connectivity index (χ2v) is 6.31. The number of anilines is 3. The van der Waals surface area contributed by atoms with Crippen LogP contribution in [0.2, 0.25) is 0 Å². The van der Waals surface area contributed by atoms with Crippen LogP contribution in [0.5, 0.6) is 5.75 Å². The largest absolute Gasteiger partial charge is 0.435 e. The molecule has 4 aromatic rings. The molecule has 9 nitrogen and oxygen atoms in total. The number of nitrogens with one attached hydrogen (secondary N) is 3. The summed E-state index contributed by atoms with van der Waals surface area (Å²) in [5.74, 6) is -0.0913. The quantitative estimate of drug-likeness (QED) is 0.350. The van der Waals surface area contributed by atoms with Gasteiger partial charge in [0, 0.05) is 23.6 Å². The molecule has 32 heavy (non-hydrogen) atoms. The number of nitrogens with zero attached hydrogens (tertiary/aromatic N) is 3. The molecule has 2 aromatic heterocycles. The summed E-state index contributed by atoms with van der Waals surface area (Å²) >= 11 is 0. The summed E-state index contributed by atoms with van der Waals surface area (Å²) in [6.07, 6.45) is 3.20. The van der Waals surface area contributed by atoms with Crippen molar-refractivity contribution in [3.05, 3.63) is 78.6 Å². The van der Waals surface area contributed by atoms with Gasteiger partial charge in [-0.25, -0.2) is 5.43 Å². The Balaban J connectivity index is 1.41. The van der Waals surface area contributed by atoms with E-state index in [0.29, 0.717) is 28.3 Å². The van der Waals surface area contributed by atoms with Crippen LogP contribution in [0.25, 0.3) is 11.4 Å². The average molecular weight is 438 g/mol. The lowest BCUT2D eigenvalue weighted by atomic mass is 10.1. The van der Waals surface area contributed by atoms with Crippen LogP contribution in [-0.4, -0.2) is 27.6 Å².